The van der Waals surface area contributed by atoms with Crippen molar-refractivity contribution in [3.8, 4) is 11.4 Å². The molecule has 3 nitrogen and oxygen atoms in total. The van der Waals surface area contributed by atoms with Gasteiger partial charge in [-0.1, -0.05) is 109 Å². The number of aromatic nitrogens is 2. The number of fused-ring (bicyclic) bond motifs is 7. The van der Waals surface area contributed by atoms with Crippen LogP contribution in [0.2, 0.25) is 0 Å². The van der Waals surface area contributed by atoms with Crippen LogP contribution < -0.4 is 0 Å². The zero-order valence-corrected chi connectivity index (χ0v) is 25.3. The first kappa shape index (κ1) is 24.9. The van der Waals surface area contributed by atoms with E-state index in [0.29, 0.717) is 0 Å². The van der Waals surface area contributed by atoms with E-state index in [1.807, 2.05) is 0 Å². The molecular weight excluding hydrogens is 572 g/mol. The van der Waals surface area contributed by atoms with Gasteiger partial charge >= 0.3 is 0 Å². The molecule has 0 aliphatic carbocycles. The van der Waals surface area contributed by atoms with Crippen LogP contribution in [0, 0.1) is 0 Å². The minimum Gasteiger partial charge on any atom is -0.456 e. The van der Waals surface area contributed by atoms with Crippen molar-refractivity contribution < 1.29 is 4.42 Å². The molecule has 3 aromatic heterocycles. The van der Waals surface area contributed by atoms with Crippen molar-refractivity contribution in [2.45, 2.75) is 0 Å². The molecule has 0 N–H and O–H groups in total. The minimum atomic E-state index is 0.877. The van der Waals surface area contributed by atoms with Gasteiger partial charge in [0.25, 0.3) is 0 Å². The third-order valence-electron chi connectivity index (χ3n) is 10.1. The van der Waals surface area contributed by atoms with Crippen molar-refractivity contribution in [2.24, 2.45) is 0 Å². The number of para-hydroxylation sites is 4. The van der Waals surface area contributed by atoms with Crippen molar-refractivity contribution in [2.75, 3.05) is 0 Å². The van der Waals surface area contributed by atoms with E-state index < -0.39 is 0 Å². The van der Waals surface area contributed by atoms with E-state index in [4.69, 9.17) is 4.42 Å². The van der Waals surface area contributed by atoms with Gasteiger partial charge in [0.2, 0.25) is 0 Å². The lowest BCUT2D eigenvalue weighted by atomic mass is 9.98. The summed E-state index contributed by atoms with van der Waals surface area (Å²) in [5.74, 6) is 0. The molecule has 0 aliphatic heterocycles. The van der Waals surface area contributed by atoms with Crippen molar-refractivity contribution in [3.05, 3.63) is 158 Å². The van der Waals surface area contributed by atoms with E-state index in [1.54, 1.807) is 0 Å². The maximum Gasteiger partial charge on any atom is 0.136 e. The fourth-order valence-electron chi connectivity index (χ4n) is 8.21. The van der Waals surface area contributed by atoms with Crippen molar-refractivity contribution in [3.63, 3.8) is 0 Å². The maximum atomic E-state index is 6.92. The normalized spacial score (nSPS) is 12.3. The number of hydrogen-bond acceptors (Lipinski definition) is 1. The predicted octanol–water partition coefficient (Wildman–Crippen LogP) is 12.1. The van der Waals surface area contributed by atoms with Gasteiger partial charge in [-0.05, 0) is 59.3 Å². The lowest BCUT2D eigenvalue weighted by Gasteiger charge is -2.13. The molecule has 218 valence electrons. The van der Waals surface area contributed by atoms with E-state index in [-0.39, 0.29) is 0 Å². The molecule has 0 saturated carbocycles. The number of nitrogens with zero attached hydrogens (tertiary/aromatic N) is 2. The fourth-order valence-corrected chi connectivity index (χ4v) is 8.21. The molecule has 0 atom stereocenters. The molecular formula is C44H26N2O. The third-order valence-corrected chi connectivity index (χ3v) is 10.1. The van der Waals surface area contributed by atoms with E-state index in [1.165, 1.54) is 65.2 Å². The van der Waals surface area contributed by atoms with E-state index in [9.17, 15) is 0 Å². The van der Waals surface area contributed by atoms with E-state index in [0.717, 1.165) is 33.3 Å². The molecule has 0 aliphatic rings. The van der Waals surface area contributed by atoms with Crippen molar-refractivity contribution in [1.82, 2.24) is 9.13 Å². The summed E-state index contributed by atoms with van der Waals surface area (Å²) in [6.45, 7) is 0. The Morgan fingerprint density at radius 3 is 0.979 bits per heavy atom. The Morgan fingerprint density at radius 1 is 0.277 bits per heavy atom. The van der Waals surface area contributed by atoms with Crippen LogP contribution in [0.25, 0.3) is 98.5 Å². The summed E-state index contributed by atoms with van der Waals surface area (Å²) in [5.41, 5.74) is 8.85. The molecule has 0 fully saturated rings. The number of hydrogen-bond donors (Lipinski definition) is 0. The van der Waals surface area contributed by atoms with E-state index in [2.05, 4.69) is 167 Å². The smallest absolute Gasteiger partial charge is 0.136 e. The quantitative estimate of drug-likeness (QED) is 0.194. The number of rotatable bonds is 2. The summed E-state index contributed by atoms with van der Waals surface area (Å²) >= 11 is 0. The minimum absolute atomic E-state index is 0.877. The molecule has 47 heavy (non-hydrogen) atoms. The zero-order valence-electron chi connectivity index (χ0n) is 25.3. The Labute approximate surface area is 269 Å². The molecule has 0 amide bonds. The van der Waals surface area contributed by atoms with Crippen molar-refractivity contribution >= 4 is 87.1 Å². The van der Waals surface area contributed by atoms with Gasteiger partial charge in [0, 0.05) is 43.1 Å². The van der Waals surface area contributed by atoms with Gasteiger partial charge < -0.3 is 13.6 Å². The monoisotopic (exact) mass is 598 g/mol. The molecule has 0 radical (unpaired) electrons. The summed E-state index contributed by atoms with van der Waals surface area (Å²) in [4.78, 5) is 0. The molecule has 0 saturated heterocycles. The maximum absolute atomic E-state index is 6.92. The third kappa shape index (κ3) is 3.25. The van der Waals surface area contributed by atoms with Gasteiger partial charge in [-0.3, -0.25) is 0 Å². The molecule has 11 rings (SSSR count). The lowest BCUT2D eigenvalue weighted by molar-refractivity contribution is 0.664. The van der Waals surface area contributed by atoms with E-state index >= 15 is 0 Å². The highest BCUT2D eigenvalue weighted by Crippen LogP contribution is 2.43. The largest absolute Gasteiger partial charge is 0.456 e. The Morgan fingerprint density at radius 2 is 0.596 bits per heavy atom. The second kappa shape index (κ2) is 9.12. The molecule has 0 bridgehead atoms. The summed E-state index contributed by atoms with van der Waals surface area (Å²) in [6, 6.07) is 56.9. The zero-order chi connectivity index (χ0) is 30.6. The summed E-state index contributed by atoms with van der Waals surface area (Å²) in [7, 11) is 0. The first-order valence-electron chi connectivity index (χ1n) is 16.1. The first-order chi connectivity index (χ1) is 23.3. The van der Waals surface area contributed by atoms with Crippen molar-refractivity contribution in [1.29, 1.82) is 0 Å². The highest BCUT2D eigenvalue weighted by Gasteiger charge is 2.20. The van der Waals surface area contributed by atoms with Crippen LogP contribution >= 0.6 is 0 Å². The second-order valence-electron chi connectivity index (χ2n) is 12.5. The Bertz CT molecular complexity index is 2770. The molecule has 0 unspecified atom stereocenters. The molecule has 8 aromatic carbocycles. The first-order valence-corrected chi connectivity index (χ1v) is 16.1. The van der Waals surface area contributed by atoms with Crippen LogP contribution in [0.1, 0.15) is 0 Å². The molecule has 11 aromatic rings. The van der Waals surface area contributed by atoms with Gasteiger partial charge in [-0.2, -0.15) is 0 Å². The summed E-state index contributed by atoms with van der Waals surface area (Å²) in [6.07, 6.45) is 0. The van der Waals surface area contributed by atoms with Crippen LogP contribution in [0.15, 0.2) is 162 Å². The Kier molecular flexibility index (Phi) is 4.84. The average molecular weight is 599 g/mol. The van der Waals surface area contributed by atoms with Crippen LogP contribution in [0.4, 0.5) is 0 Å². The average Bonchev–Trinajstić information content (AvgIpc) is 3.59. The predicted molar refractivity (Wildman–Crippen MR) is 197 cm³/mol. The summed E-state index contributed by atoms with van der Waals surface area (Å²) in [5, 5.41) is 12.0. The van der Waals surface area contributed by atoms with Gasteiger partial charge in [-0.25, -0.2) is 0 Å². The van der Waals surface area contributed by atoms with Crippen LogP contribution in [-0.4, -0.2) is 9.13 Å². The van der Waals surface area contributed by atoms with Crippen LogP contribution in [0.3, 0.4) is 0 Å². The second-order valence-corrected chi connectivity index (χ2v) is 12.5. The highest BCUT2D eigenvalue weighted by atomic mass is 16.3. The standard InChI is InChI=1S/C44H26N2O/c1-5-19-35-27(11-1)28-12-2-6-20-36(28)45(35)39-23-25-41-43-31(15-9-17-33(39)43)32-16-10-18-34-40(24-26-42(47-41)44(32)34)46-37-21-7-3-13-29(37)30-14-4-8-22-38(30)46/h1-26H. The van der Waals surface area contributed by atoms with Gasteiger partial charge in [-0.15, -0.1) is 0 Å². The molecule has 3 heteroatoms. The van der Waals surface area contributed by atoms with Crippen LogP contribution in [0.5, 0.6) is 0 Å². The lowest BCUT2D eigenvalue weighted by Crippen LogP contribution is -1.95. The Balaban J connectivity index is 1.28. The molecule has 0 spiro atoms. The number of benzene rings is 8. The topological polar surface area (TPSA) is 23.0 Å². The highest BCUT2D eigenvalue weighted by molar-refractivity contribution is 6.26. The molecule has 3 heterocycles. The van der Waals surface area contributed by atoms with Gasteiger partial charge in [0.1, 0.15) is 11.2 Å². The Hall–Kier alpha value is -6.32. The fraction of sp³-hybridized carbons (Fsp3) is 0. The van der Waals surface area contributed by atoms with Gasteiger partial charge in [0.15, 0.2) is 0 Å². The SMILES string of the molecule is c1cc2c(-n3c4ccccc4c4ccccc43)ccc3oc4ccc(-n5c6ccccc6c6ccccc65)c5cccc(c(c1)c32)c45. The van der Waals surface area contributed by atoms with Gasteiger partial charge in [0.05, 0.1) is 33.4 Å². The summed E-state index contributed by atoms with van der Waals surface area (Å²) < 4.78 is 11.7. The van der Waals surface area contributed by atoms with Crippen LogP contribution in [-0.2, 0) is 0 Å².